The Balaban J connectivity index is 3.72. The molecule has 6 nitrogen and oxygen atoms in total. The van der Waals surface area contributed by atoms with Crippen LogP contribution in [0.15, 0.2) is 0 Å². The van der Waals surface area contributed by atoms with Crippen LogP contribution in [0.1, 0.15) is 220 Å². The van der Waals surface area contributed by atoms with Gasteiger partial charge in [0, 0.05) is 0 Å². The maximum atomic E-state index is 12.5. The van der Waals surface area contributed by atoms with E-state index in [1.165, 1.54) is 148 Å². The summed E-state index contributed by atoms with van der Waals surface area (Å²) < 4.78 is 0. The van der Waals surface area contributed by atoms with Gasteiger partial charge in [0.05, 0.1) is 18.8 Å². The van der Waals surface area contributed by atoms with Crippen LogP contribution < -0.4 is 5.32 Å². The minimum Gasteiger partial charge on any atom is -0.394 e. The lowest BCUT2D eigenvalue weighted by molar-refractivity contribution is -0.132. The highest BCUT2D eigenvalue weighted by atomic mass is 16.3. The Hall–Kier alpha value is -0.690. The van der Waals surface area contributed by atoms with Crippen LogP contribution in [0.4, 0.5) is 0 Å². The van der Waals surface area contributed by atoms with Crippen molar-refractivity contribution in [1.29, 1.82) is 0 Å². The molecule has 0 fully saturated rings. The number of carbonyl (C=O) groups excluding carboxylic acids is 1. The Morgan fingerprint density at radius 3 is 1.15 bits per heavy atom. The maximum absolute atomic E-state index is 12.5. The molecular weight excluding hydrogens is 586 g/mol. The summed E-state index contributed by atoms with van der Waals surface area (Å²) in [5.41, 5.74) is 0. The molecule has 0 aliphatic carbocycles. The van der Waals surface area contributed by atoms with E-state index < -0.39 is 36.9 Å². The molecule has 0 radical (unpaired) electrons. The van der Waals surface area contributed by atoms with Gasteiger partial charge in [-0.3, -0.25) is 4.79 Å². The monoisotopic (exact) mass is 670 g/mol. The number of hydrogen-bond acceptors (Lipinski definition) is 5. The van der Waals surface area contributed by atoms with E-state index in [0.29, 0.717) is 12.8 Å². The molecule has 0 aromatic heterocycles. The molecule has 0 rings (SSSR count). The lowest BCUT2D eigenvalue weighted by Crippen LogP contribution is -2.53. The summed E-state index contributed by atoms with van der Waals surface area (Å²) >= 11 is 0. The number of nitrogens with one attached hydrogen (secondary N) is 1. The van der Waals surface area contributed by atoms with E-state index in [2.05, 4.69) is 26.1 Å². The quantitative estimate of drug-likeness (QED) is 0.0423. The number of aliphatic hydroxyl groups excluding tert-OH is 4. The van der Waals surface area contributed by atoms with Crippen LogP contribution in [0.3, 0.4) is 0 Å². The third-order valence-electron chi connectivity index (χ3n) is 10.00. The molecule has 0 aliphatic heterocycles. The summed E-state index contributed by atoms with van der Waals surface area (Å²) in [6.45, 7) is 6.38. The van der Waals surface area contributed by atoms with Crippen molar-refractivity contribution in [2.75, 3.05) is 6.61 Å². The topological polar surface area (TPSA) is 110 Å². The highest BCUT2D eigenvalue weighted by molar-refractivity contribution is 5.80. The van der Waals surface area contributed by atoms with Gasteiger partial charge < -0.3 is 25.7 Å². The van der Waals surface area contributed by atoms with Gasteiger partial charge in [0.15, 0.2) is 0 Å². The van der Waals surface area contributed by atoms with Gasteiger partial charge in [-0.1, -0.05) is 207 Å². The Bertz CT molecular complexity index is 645. The molecule has 0 saturated heterocycles. The Morgan fingerprint density at radius 2 is 0.809 bits per heavy atom. The van der Waals surface area contributed by atoms with Crippen molar-refractivity contribution in [3.8, 4) is 0 Å². The first-order valence-electron chi connectivity index (χ1n) is 20.8. The number of carbonyl (C=O) groups is 1. The zero-order chi connectivity index (χ0) is 34.8. The average Bonchev–Trinajstić information content (AvgIpc) is 3.06. The highest BCUT2D eigenvalue weighted by Crippen LogP contribution is 2.17. The Labute approximate surface area is 292 Å². The highest BCUT2D eigenvalue weighted by Gasteiger charge is 2.28. The first kappa shape index (κ1) is 46.3. The van der Waals surface area contributed by atoms with Crippen LogP contribution in [0, 0.1) is 5.92 Å². The van der Waals surface area contributed by atoms with Crippen molar-refractivity contribution >= 4 is 5.91 Å². The van der Waals surface area contributed by atoms with E-state index in [0.717, 1.165) is 44.4 Å². The van der Waals surface area contributed by atoms with Crippen LogP contribution in [0.5, 0.6) is 0 Å². The molecule has 0 aromatic rings. The predicted octanol–water partition coefficient (Wildman–Crippen LogP) is 10.3. The van der Waals surface area contributed by atoms with Crippen molar-refractivity contribution in [3.05, 3.63) is 0 Å². The smallest absolute Gasteiger partial charge is 0.249 e. The summed E-state index contributed by atoms with van der Waals surface area (Å²) in [6.07, 6.45) is 34.2. The van der Waals surface area contributed by atoms with Gasteiger partial charge in [-0.25, -0.2) is 0 Å². The minimum atomic E-state index is -1.25. The molecule has 1 amide bonds. The van der Waals surface area contributed by atoms with E-state index in [1.807, 2.05) is 0 Å². The van der Waals surface area contributed by atoms with E-state index in [4.69, 9.17) is 0 Å². The van der Waals surface area contributed by atoms with Crippen molar-refractivity contribution < 1.29 is 25.2 Å². The first-order valence-corrected chi connectivity index (χ1v) is 20.8. The fraction of sp³-hybridized carbons (Fsp3) is 0.976. The summed E-state index contributed by atoms with van der Waals surface area (Å²) in [5, 5.41) is 43.6. The molecule has 0 spiro atoms. The molecule has 0 saturated carbocycles. The van der Waals surface area contributed by atoms with E-state index in [9.17, 15) is 25.2 Å². The van der Waals surface area contributed by atoms with Crippen molar-refractivity contribution in [2.24, 2.45) is 5.92 Å². The molecule has 0 heterocycles. The molecule has 4 atom stereocenters. The second-order valence-corrected chi connectivity index (χ2v) is 15.2. The van der Waals surface area contributed by atoms with E-state index >= 15 is 0 Å². The van der Waals surface area contributed by atoms with Crippen LogP contribution in [-0.4, -0.2) is 57.3 Å². The largest absolute Gasteiger partial charge is 0.394 e. The molecule has 0 aliphatic rings. The van der Waals surface area contributed by atoms with E-state index in [1.54, 1.807) is 0 Å². The second-order valence-electron chi connectivity index (χ2n) is 15.2. The summed E-state index contributed by atoms with van der Waals surface area (Å²) in [7, 11) is 0. The minimum absolute atomic E-state index is 0.375. The molecule has 4 unspecified atom stereocenters. The van der Waals surface area contributed by atoms with Gasteiger partial charge in [0.2, 0.25) is 5.91 Å². The molecule has 0 aromatic carbocycles. The predicted molar refractivity (Wildman–Crippen MR) is 201 cm³/mol. The SMILES string of the molecule is CCCCCCCCCCCCCCCCCCCCC(O)C(=O)NC(CO)C(O)C(O)CCCCCCCCCCCCC(C)C. The number of rotatable bonds is 37. The molecule has 282 valence electrons. The lowest BCUT2D eigenvalue weighted by atomic mass is 9.99. The zero-order valence-electron chi connectivity index (χ0n) is 31.7. The van der Waals surface area contributed by atoms with Gasteiger partial charge in [-0.2, -0.15) is 0 Å². The zero-order valence-corrected chi connectivity index (χ0v) is 31.7. The number of hydrogen-bond donors (Lipinski definition) is 5. The van der Waals surface area contributed by atoms with E-state index in [-0.39, 0.29) is 0 Å². The van der Waals surface area contributed by atoms with Crippen molar-refractivity contribution in [2.45, 2.75) is 244 Å². The number of unbranched alkanes of at least 4 members (excludes halogenated alkanes) is 26. The van der Waals surface area contributed by atoms with Gasteiger partial charge in [0.1, 0.15) is 12.2 Å². The summed E-state index contributed by atoms with van der Waals surface area (Å²) in [5.74, 6) is 0.233. The fourth-order valence-electron chi connectivity index (χ4n) is 6.65. The van der Waals surface area contributed by atoms with Crippen LogP contribution in [-0.2, 0) is 4.79 Å². The van der Waals surface area contributed by atoms with Crippen LogP contribution in [0.2, 0.25) is 0 Å². The standard InChI is InChI=1S/C41H83NO5/c1-4-5-6-7-8-9-10-11-12-13-14-15-16-17-22-25-28-31-34-39(45)41(47)42-37(35-43)40(46)38(44)33-30-27-24-21-19-18-20-23-26-29-32-36(2)3/h36-40,43-46H,4-35H2,1-3H3,(H,42,47). The van der Waals surface area contributed by atoms with Crippen molar-refractivity contribution in [1.82, 2.24) is 5.32 Å². The second kappa shape index (κ2) is 35.1. The normalized spacial score (nSPS) is 14.4. The van der Waals surface area contributed by atoms with Gasteiger partial charge in [0.25, 0.3) is 0 Å². The first-order chi connectivity index (χ1) is 22.8. The van der Waals surface area contributed by atoms with Gasteiger partial charge >= 0.3 is 0 Å². The van der Waals surface area contributed by atoms with Gasteiger partial charge in [-0.15, -0.1) is 0 Å². The van der Waals surface area contributed by atoms with Crippen molar-refractivity contribution in [3.63, 3.8) is 0 Å². The van der Waals surface area contributed by atoms with Gasteiger partial charge in [-0.05, 0) is 18.8 Å². The fourth-order valence-corrected chi connectivity index (χ4v) is 6.65. The molecule has 5 N–H and O–H groups in total. The third kappa shape index (κ3) is 31.1. The summed E-state index contributed by atoms with van der Waals surface area (Å²) in [6, 6.07) is -0.979. The average molecular weight is 670 g/mol. The maximum Gasteiger partial charge on any atom is 0.249 e. The lowest BCUT2D eigenvalue weighted by Gasteiger charge is -2.27. The summed E-state index contributed by atoms with van der Waals surface area (Å²) in [4.78, 5) is 12.5. The van der Waals surface area contributed by atoms with Crippen LogP contribution in [0.25, 0.3) is 0 Å². The Kier molecular flexibility index (Phi) is 34.6. The third-order valence-corrected chi connectivity index (χ3v) is 10.00. The van der Waals surface area contributed by atoms with Crippen LogP contribution >= 0.6 is 0 Å². The molecular formula is C41H83NO5. The molecule has 0 bridgehead atoms. The number of aliphatic hydroxyl groups is 4. The number of amides is 1. The molecule has 47 heavy (non-hydrogen) atoms. The Morgan fingerprint density at radius 1 is 0.489 bits per heavy atom. The molecule has 6 heteroatoms.